The molecule has 0 bridgehead atoms. The van der Waals surface area contributed by atoms with Crippen LogP contribution in [0.15, 0.2) is 60.7 Å². The van der Waals surface area contributed by atoms with Crippen LogP contribution < -0.4 is 20.7 Å². The fraction of sp³-hybridized carbons (Fsp3) is 0.385. The van der Waals surface area contributed by atoms with E-state index in [4.69, 9.17) is 14.7 Å². The van der Waals surface area contributed by atoms with E-state index in [0.29, 0.717) is 24.0 Å². The number of nitrogens with zero attached hydrogens (tertiary/aromatic N) is 2. The molecule has 2 aromatic carbocycles. The largest absolute Gasteiger partial charge is 0.491 e. The van der Waals surface area contributed by atoms with Crippen LogP contribution in [0.3, 0.4) is 0 Å². The molecule has 0 saturated carbocycles. The summed E-state index contributed by atoms with van der Waals surface area (Å²) in [6, 6.07) is 19.9. The lowest BCUT2D eigenvalue weighted by molar-refractivity contribution is 0.108. The molecular formula is C26H33N5O2. The van der Waals surface area contributed by atoms with Crippen LogP contribution in [0, 0.1) is 5.92 Å². The van der Waals surface area contributed by atoms with Crippen molar-refractivity contribution in [1.82, 2.24) is 20.6 Å². The van der Waals surface area contributed by atoms with E-state index in [-0.39, 0.29) is 6.61 Å². The van der Waals surface area contributed by atoms with Crippen LogP contribution in [0.2, 0.25) is 0 Å². The van der Waals surface area contributed by atoms with Gasteiger partial charge in [-0.15, -0.1) is 0 Å². The van der Waals surface area contributed by atoms with Gasteiger partial charge in [-0.1, -0.05) is 42.5 Å². The summed E-state index contributed by atoms with van der Waals surface area (Å²) in [5.74, 6) is 2.80. The number of aliphatic hydroxyl groups excluding tert-OH is 1. The van der Waals surface area contributed by atoms with E-state index in [1.807, 2.05) is 48.5 Å². The van der Waals surface area contributed by atoms with Crippen LogP contribution in [-0.2, 0) is 0 Å². The van der Waals surface area contributed by atoms with Gasteiger partial charge in [0.05, 0.1) is 5.69 Å². The molecule has 1 unspecified atom stereocenters. The number of rotatable bonds is 10. The zero-order valence-electron chi connectivity index (χ0n) is 19.1. The summed E-state index contributed by atoms with van der Waals surface area (Å²) >= 11 is 0. The van der Waals surface area contributed by atoms with Crippen molar-refractivity contribution in [1.29, 1.82) is 0 Å². The van der Waals surface area contributed by atoms with Crippen LogP contribution in [-0.4, -0.2) is 61.0 Å². The van der Waals surface area contributed by atoms with Gasteiger partial charge >= 0.3 is 0 Å². The molecule has 2 heterocycles. The Morgan fingerprint density at radius 1 is 1.03 bits per heavy atom. The van der Waals surface area contributed by atoms with Crippen molar-refractivity contribution < 1.29 is 9.84 Å². The Labute approximate surface area is 195 Å². The number of hydrogen-bond donors (Lipinski definition) is 4. The molecule has 1 aromatic heterocycles. The van der Waals surface area contributed by atoms with E-state index in [1.165, 1.54) is 12.8 Å². The number of hydrogen-bond acceptors (Lipinski definition) is 7. The molecule has 3 aromatic rings. The SMILES string of the molecule is CNCC(O)COc1cccc(-c2nc(NCC3CCNCC3)cc(-c3ccccc3)n2)c1. The highest BCUT2D eigenvalue weighted by Gasteiger charge is 2.15. The average molecular weight is 448 g/mol. The molecule has 1 fully saturated rings. The van der Waals surface area contributed by atoms with Crippen LogP contribution in [0.1, 0.15) is 12.8 Å². The van der Waals surface area contributed by atoms with Gasteiger partial charge < -0.3 is 25.8 Å². The van der Waals surface area contributed by atoms with Crippen LogP contribution in [0.25, 0.3) is 22.6 Å². The summed E-state index contributed by atoms with van der Waals surface area (Å²) in [6.07, 6.45) is 1.78. The van der Waals surface area contributed by atoms with Crippen molar-refractivity contribution in [3.63, 3.8) is 0 Å². The zero-order chi connectivity index (χ0) is 22.9. The second-order valence-corrected chi connectivity index (χ2v) is 8.45. The Bertz CT molecular complexity index is 1010. The number of benzene rings is 2. The smallest absolute Gasteiger partial charge is 0.162 e. The second kappa shape index (κ2) is 11.7. The van der Waals surface area contributed by atoms with Gasteiger partial charge in [0.2, 0.25) is 0 Å². The average Bonchev–Trinajstić information content (AvgIpc) is 2.87. The predicted molar refractivity (Wildman–Crippen MR) is 132 cm³/mol. The first-order valence-electron chi connectivity index (χ1n) is 11.7. The first kappa shape index (κ1) is 23.2. The zero-order valence-corrected chi connectivity index (χ0v) is 19.1. The molecule has 0 spiro atoms. The molecule has 1 saturated heterocycles. The van der Waals surface area contributed by atoms with Crippen LogP contribution in [0.4, 0.5) is 5.82 Å². The molecule has 0 radical (unpaired) electrons. The third kappa shape index (κ3) is 6.74. The molecule has 0 aliphatic carbocycles. The van der Waals surface area contributed by atoms with E-state index >= 15 is 0 Å². The van der Waals surface area contributed by atoms with Gasteiger partial charge in [0, 0.05) is 30.3 Å². The van der Waals surface area contributed by atoms with Crippen molar-refractivity contribution in [2.75, 3.05) is 45.2 Å². The van der Waals surface area contributed by atoms with Gasteiger partial charge in [-0.25, -0.2) is 9.97 Å². The highest BCUT2D eigenvalue weighted by atomic mass is 16.5. The Hall–Kier alpha value is -3.00. The molecule has 1 atom stereocenters. The number of piperidine rings is 1. The highest BCUT2D eigenvalue weighted by molar-refractivity contribution is 5.68. The van der Waals surface area contributed by atoms with Gasteiger partial charge in [0.1, 0.15) is 24.3 Å². The first-order valence-corrected chi connectivity index (χ1v) is 11.7. The molecule has 0 amide bonds. The maximum atomic E-state index is 9.94. The molecule has 4 N–H and O–H groups in total. The topological polar surface area (TPSA) is 91.3 Å². The summed E-state index contributed by atoms with van der Waals surface area (Å²) < 4.78 is 5.79. The highest BCUT2D eigenvalue weighted by Crippen LogP contribution is 2.27. The first-order chi connectivity index (χ1) is 16.2. The van der Waals surface area contributed by atoms with Crippen molar-refractivity contribution in [3.05, 3.63) is 60.7 Å². The molecule has 7 nitrogen and oxygen atoms in total. The lowest BCUT2D eigenvalue weighted by Gasteiger charge is -2.23. The fourth-order valence-electron chi connectivity index (χ4n) is 3.97. The number of aliphatic hydroxyl groups is 1. The summed E-state index contributed by atoms with van der Waals surface area (Å²) in [7, 11) is 1.80. The Morgan fingerprint density at radius 3 is 2.61 bits per heavy atom. The van der Waals surface area contributed by atoms with Crippen molar-refractivity contribution in [2.45, 2.75) is 18.9 Å². The quantitative estimate of drug-likeness (QED) is 0.379. The van der Waals surface area contributed by atoms with Gasteiger partial charge in [-0.2, -0.15) is 0 Å². The predicted octanol–water partition coefficient (Wildman–Crippen LogP) is 3.18. The summed E-state index contributed by atoms with van der Waals surface area (Å²) in [4.78, 5) is 9.68. The second-order valence-electron chi connectivity index (χ2n) is 8.45. The Kier molecular flexibility index (Phi) is 8.24. The van der Waals surface area contributed by atoms with Gasteiger partial charge in [0.25, 0.3) is 0 Å². The minimum absolute atomic E-state index is 0.220. The molecule has 33 heavy (non-hydrogen) atoms. The maximum absolute atomic E-state index is 9.94. The molecular weight excluding hydrogens is 414 g/mol. The van der Waals surface area contributed by atoms with Gasteiger partial charge in [-0.3, -0.25) is 0 Å². The summed E-state index contributed by atoms with van der Waals surface area (Å²) in [5, 5.41) is 19.9. The molecule has 4 rings (SSSR count). The van der Waals surface area contributed by atoms with E-state index in [0.717, 1.165) is 42.3 Å². The van der Waals surface area contributed by atoms with Crippen molar-refractivity contribution in [3.8, 4) is 28.4 Å². The number of likely N-dealkylation sites (N-methyl/N-ethyl adjacent to an activating group) is 1. The molecule has 174 valence electrons. The maximum Gasteiger partial charge on any atom is 0.162 e. The number of anilines is 1. The normalized spacial score (nSPS) is 15.2. The summed E-state index contributed by atoms with van der Waals surface area (Å²) in [5.41, 5.74) is 2.80. The van der Waals surface area contributed by atoms with E-state index in [1.54, 1.807) is 7.05 Å². The van der Waals surface area contributed by atoms with Crippen LogP contribution >= 0.6 is 0 Å². The number of ether oxygens (including phenoxy) is 1. The third-order valence-corrected chi connectivity index (χ3v) is 5.80. The van der Waals surface area contributed by atoms with E-state index in [2.05, 4.69) is 28.1 Å². The molecule has 1 aliphatic rings. The summed E-state index contributed by atoms with van der Waals surface area (Å²) in [6.45, 7) is 3.75. The van der Waals surface area contributed by atoms with Crippen LogP contribution in [0.5, 0.6) is 5.75 Å². The van der Waals surface area contributed by atoms with E-state index in [9.17, 15) is 5.11 Å². The Morgan fingerprint density at radius 2 is 1.82 bits per heavy atom. The standard InChI is InChI=1S/C26H33N5O2/c1-27-17-22(32)18-33-23-9-5-8-21(14-23)26-30-24(20-6-3-2-4-7-20)15-25(31-26)29-16-19-10-12-28-13-11-19/h2-9,14-15,19,22,27-28,32H,10-13,16-18H2,1H3,(H,29,30,31). The lowest BCUT2D eigenvalue weighted by Crippen LogP contribution is -2.31. The minimum Gasteiger partial charge on any atom is -0.491 e. The number of nitrogens with one attached hydrogen (secondary N) is 3. The van der Waals surface area contributed by atoms with E-state index < -0.39 is 6.10 Å². The molecule has 1 aliphatic heterocycles. The van der Waals surface area contributed by atoms with Crippen molar-refractivity contribution in [2.24, 2.45) is 5.92 Å². The van der Waals surface area contributed by atoms with Crippen molar-refractivity contribution >= 4 is 5.82 Å². The monoisotopic (exact) mass is 447 g/mol. The Balaban J connectivity index is 1.58. The lowest BCUT2D eigenvalue weighted by atomic mass is 9.98. The number of aromatic nitrogens is 2. The molecule has 7 heteroatoms. The fourth-order valence-corrected chi connectivity index (χ4v) is 3.97. The van der Waals surface area contributed by atoms with Gasteiger partial charge in [-0.05, 0) is 51.0 Å². The van der Waals surface area contributed by atoms with Gasteiger partial charge in [0.15, 0.2) is 5.82 Å². The minimum atomic E-state index is -0.567. The third-order valence-electron chi connectivity index (χ3n) is 5.80.